The summed E-state index contributed by atoms with van der Waals surface area (Å²) in [6.45, 7) is 4.24. The molecule has 1 atom stereocenters. The fourth-order valence-corrected chi connectivity index (χ4v) is 4.59. The molecule has 0 bridgehead atoms. The van der Waals surface area contributed by atoms with Crippen molar-refractivity contribution in [2.24, 2.45) is 0 Å². The monoisotopic (exact) mass is 336 g/mol. The molecule has 23 heavy (non-hydrogen) atoms. The van der Waals surface area contributed by atoms with Crippen LogP contribution in [0.4, 0.5) is 0 Å². The second-order valence-corrected chi connectivity index (χ2v) is 8.09. The summed E-state index contributed by atoms with van der Waals surface area (Å²) in [7, 11) is 0. The zero-order valence-corrected chi connectivity index (χ0v) is 14.7. The quantitative estimate of drug-likeness (QED) is 0.868. The minimum Gasteiger partial charge on any atom is -0.387 e. The van der Waals surface area contributed by atoms with E-state index < -0.39 is 5.60 Å². The van der Waals surface area contributed by atoms with E-state index in [1.165, 1.54) is 17.7 Å². The Bertz CT molecular complexity index is 499. The summed E-state index contributed by atoms with van der Waals surface area (Å²) in [5, 5.41) is 13.0. The maximum Gasteiger partial charge on any atom is 0.222 e. The van der Waals surface area contributed by atoms with Gasteiger partial charge in [0.15, 0.2) is 0 Å². The van der Waals surface area contributed by atoms with E-state index >= 15 is 0 Å². The molecule has 0 unspecified atom stereocenters. The van der Waals surface area contributed by atoms with Crippen LogP contribution in [0.15, 0.2) is 17.5 Å². The summed E-state index contributed by atoms with van der Waals surface area (Å²) >= 11 is 1.76. The van der Waals surface area contributed by atoms with Gasteiger partial charge in [0.1, 0.15) is 0 Å². The highest BCUT2D eigenvalue weighted by Crippen LogP contribution is 2.25. The molecule has 0 spiro atoms. The van der Waals surface area contributed by atoms with E-state index in [-0.39, 0.29) is 5.91 Å². The largest absolute Gasteiger partial charge is 0.387 e. The number of hydrogen-bond donors (Lipinski definition) is 1. The van der Waals surface area contributed by atoms with Gasteiger partial charge in [-0.25, -0.2) is 0 Å². The molecule has 1 amide bonds. The molecule has 1 N–H and O–H groups in total. The van der Waals surface area contributed by atoms with Crippen LogP contribution in [0.3, 0.4) is 0 Å². The first-order valence-corrected chi connectivity index (χ1v) is 9.78. The summed E-state index contributed by atoms with van der Waals surface area (Å²) in [5.41, 5.74) is -0.702. The average molecular weight is 337 g/mol. The Morgan fingerprint density at radius 1 is 1.26 bits per heavy atom. The molecular weight excluding hydrogens is 308 g/mol. The number of carbonyl (C=O) groups excluding carboxylic acids is 1. The molecule has 2 aliphatic heterocycles. The standard InChI is InChI=1S/C18H28N2O2S/c21-17(8-3-6-16-7-4-13-23-16)20-12-5-9-18(22,15-20)14-19-10-1-2-11-19/h4,7,13,22H,1-3,5-6,8-12,14-15H2/t18-/m1/s1. The van der Waals surface area contributed by atoms with Gasteiger partial charge in [-0.05, 0) is 63.1 Å². The molecule has 0 aliphatic carbocycles. The van der Waals surface area contributed by atoms with Crippen molar-refractivity contribution in [1.82, 2.24) is 9.80 Å². The predicted molar refractivity (Wildman–Crippen MR) is 93.7 cm³/mol. The Kier molecular flexibility index (Phi) is 5.72. The first-order valence-electron chi connectivity index (χ1n) is 8.90. The molecule has 3 rings (SSSR count). The van der Waals surface area contributed by atoms with E-state index in [1.54, 1.807) is 11.3 Å². The Morgan fingerprint density at radius 2 is 2.09 bits per heavy atom. The lowest BCUT2D eigenvalue weighted by Gasteiger charge is -2.41. The average Bonchev–Trinajstić information content (AvgIpc) is 3.20. The van der Waals surface area contributed by atoms with Gasteiger partial charge in [-0.3, -0.25) is 4.79 Å². The van der Waals surface area contributed by atoms with Crippen molar-refractivity contribution in [3.8, 4) is 0 Å². The molecule has 2 fully saturated rings. The molecule has 1 aromatic rings. The molecule has 2 aliphatic rings. The van der Waals surface area contributed by atoms with E-state index in [4.69, 9.17) is 0 Å². The van der Waals surface area contributed by atoms with Gasteiger partial charge in [-0.15, -0.1) is 11.3 Å². The van der Waals surface area contributed by atoms with Gasteiger partial charge >= 0.3 is 0 Å². The first-order chi connectivity index (χ1) is 11.1. The number of aryl methyl sites for hydroxylation is 1. The summed E-state index contributed by atoms with van der Waals surface area (Å²) in [6, 6.07) is 4.19. The number of nitrogens with zero attached hydrogens (tertiary/aromatic N) is 2. The molecule has 0 radical (unpaired) electrons. The lowest BCUT2D eigenvalue weighted by atomic mass is 9.92. The fourth-order valence-electron chi connectivity index (χ4n) is 3.84. The van der Waals surface area contributed by atoms with Crippen molar-refractivity contribution in [3.05, 3.63) is 22.4 Å². The Morgan fingerprint density at radius 3 is 2.83 bits per heavy atom. The van der Waals surface area contributed by atoms with Crippen LogP contribution in [0, 0.1) is 0 Å². The Labute approximate surface area is 143 Å². The van der Waals surface area contributed by atoms with Gasteiger partial charge in [0.05, 0.1) is 12.1 Å². The van der Waals surface area contributed by atoms with Gasteiger partial charge in [0.2, 0.25) is 5.91 Å². The highest BCUT2D eigenvalue weighted by molar-refractivity contribution is 7.09. The van der Waals surface area contributed by atoms with Crippen molar-refractivity contribution in [1.29, 1.82) is 0 Å². The number of β-amino-alcohol motifs (C(OH)–C–C–N with tert-alkyl or cyclic N) is 1. The van der Waals surface area contributed by atoms with Crippen LogP contribution < -0.4 is 0 Å². The molecule has 128 valence electrons. The third kappa shape index (κ3) is 4.78. The fraction of sp³-hybridized carbons (Fsp3) is 0.722. The number of thiophene rings is 1. The zero-order chi connectivity index (χ0) is 16.1. The number of amides is 1. The maximum atomic E-state index is 12.5. The lowest BCUT2D eigenvalue weighted by molar-refractivity contribution is -0.139. The highest BCUT2D eigenvalue weighted by Gasteiger charge is 2.36. The predicted octanol–water partition coefficient (Wildman–Crippen LogP) is 2.52. The van der Waals surface area contributed by atoms with Crippen LogP contribution in [-0.2, 0) is 11.2 Å². The molecule has 2 saturated heterocycles. The van der Waals surface area contributed by atoms with Crippen LogP contribution in [0.5, 0.6) is 0 Å². The molecular formula is C18H28N2O2S. The third-order valence-corrected chi connectivity index (χ3v) is 5.95. The van der Waals surface area contributed by atoms with E-state index in [0.29, 0.717) is 13.0 Å². The Balaban J connectivity index is 1.45. The van der Waals surface area contributed by atoms with Crippen LogP contribution in [0.25, 0.3) is 0 Å². The van der Waals surface area contributed by atoms with Crippen molar-refractivity contribution in [2.75, 3.05) is 32.7 Å². The van der Waals surface area contributed by atoms with Crippen molar-refractivity contribution >= 4 is 17.2 Å². The van der Waals surface area contributed by atoms with Crippen LogP contribution in [0.2, 0.25) is 0 Å². The van der Waals surface area contributed by atoms with Gasteiger partial charge in [0, 0.05) is 24.4 Å². The van der Waals surface area contributed by atoms with Crippen LogP contribution in [-0.4, -0.2) is 59.1 Å². The number of hydrogen-bond acceptors (Lipinski definition) is 4. The SMILES string of the molecule is O=C(CCCc1cccs1)N1CCC[C@@](O)(CN2CCCC2)C1. The van der Waals surface area contributed by atoms with Gasteiger partial charge in [0.25, 0.3) is 0 Å². The van der Waals surface area contributed by atoms with Crippen molar-refractivity contribution in [2.45, 2.75) is 50.5 Å². The lowest BCUT2D eigenvalue weighted by Crippen LogP contribution is -2.55. The molecule has 3 heterocycles. The van der Waals surface area contributed by atoms with Crippen molar-refractivity contribution in [3.63, 3.8) is 0 Å². The van der Waals surface area contributed by atoms with Crippen LogP contribution >= 0.6 is 11.3 Å². The van der Waals surface area contributed by atoms with E-state index in [1.807, 2.05) is 4.90 Å². The van der Waals surface area contributed by atoms with Gasteiger partial charge < -0.3 is 14.9 Å². The first kappa shape index (κ1) is 16.9. The van der Waals surface area contributed by atoms with E-state index in [9.17, 15) is 9.90 Å². The number of piperidine rings is 1. The molecule has 4 nitrogen and oxygen atoms in total. The molecule has 1 aromatic heterocycles. The maximum absolute atomic E-state index is 12.5. The van der Waals surface area contributed by atoms with Gasteiger partial charge in [-0.1, -0.05) is 6.07 Å². The minimum absolute atomic E-state index is 0.209. The third-order valence-electron chi connectivity index (χ3n) is 5.02. The highest BCUT2D eigenvalue weighted by atomic mass is 32.1. The Hall–Kier alpha value is -0.910. The van der Waals surface area contributed by atoms with Crippen LogP contribution in [0.1, 0.15) is 43.4 Å². The summed E-state index contributed by atoms with van der Waals surface area (Å²) < 4.78 is 0. The van der Waals surface area contributed by atoms with E-state index in [2.05, 4.69) is 22.4 Å². The summed E-state index contributed by atoms with van der Waals surface area (Å²) in [6.07, 6.45) is 6.69. The number of aliphatic hydroxyl groups is 1. The molecule has 0 aromatic carbocycles. The number of rotatable bonds is 6. The van der Waals surface area contributed by atoms with E-state index in [0.717, 1.165) is 51.9 Å². The topological polar surface area (TPSA) is 43.8 Å². The summed E-state index contributed by atoms with van der Waals surface area (Å²) in [5.74, 6) is 0.209. The zero-order valence-electron chi connectivity index (χ0n) is 13.9. The minimum atomic E-state index is -0.702. The summed E-state index contributed by atoms with van der Waals surface area (Å²) in [4.78, 5) is 18.1. The smallest absolute Gasteiger partial charge is 0.222 e. The van der Waals surface area contributed by atoms with Crippen molar-refractivity contribution < 1.29 is 9.90 Å². The van der Waals surface area contributed by atoms with Gasteiger partial charge in [-0.2, -0.15) is 0 Å². The second kappa shape index (κ2) is 7.77. The second-order valence-electron chi connectivity index (χ2n) is 7.06. The number of likely N-dealkylation sites (tertiary alicyclic amines) is 2. The number of carbonyl (C=O) groups is 1. The molecule has 0 saturated carbocycles. The normalized spacial score (nSPS) is 25.9. The molecule has 5 heteroatoms.